The van der Waals surface area contributed by atoms with E-state index in [9.17, 15) is 0 Å². The summed E-state index contributed by atoms with van der Waals surface area (Å²) in [6.45, 7) is 9.49. The summed E-state index contributed by atoms with van der Waals surface area (Å²) in [6.07, 6.45) is 7.90. The topological polar surface area (TPSA) is 0 Å². The zero-order chi connectivity index (χ0) is 22.6. The summed E-state index contributed by atoms with van der Waals surface area (Å²) in [5.74, 6) is 0.634. The number of hydrogen-bond donors (Lipinski definition) is 0. The molecule has 0 saturated heterocycles. The molecule has 0 radical (unpaired) electrons. The third-order valence-corrected chi connectivity index (χ3v) is 15.4. The van der Waals surface area contributed by atoms with Gasteiger partial charge < -0.3 is 0 Å². The Kier molecular flexibility index (Phi) is 6.35. The molecular formula is C28H27Cl2HfSi. The molecule has 32 heavy (non-hydrogen) atoms. The fourth-order valence-corrected chi connectivity index (χ4v) is 14.3. The van der Waals surface area contributed by atoms with Gasteiger partial charge in [-0.15, -0.1) is 0 Å². The molecule has 4 heteroatoms. The van der Waals surface area contributed by atoms with Crippen molar-refractivity contribution < 1.29 is 19.1 Å². The van der Waals surface area contributed by atoms with Crippen LogP contribution in [0.4, 0.5) is 0 Å². The number of benzene rings is 2. The van der Waals surface area contributed by atoms with Crippen molar-refractivity contribution in [2.75, 3.05) is 0 Å². The van der Waals surface area contributed by atoms with Crippen LogP contribution < -0.4 is 0 Å². The molecule has 0 aliphatic heterocycles. The van der Waals surface area contributed by atoms with Gasteiger partial charge in [0.15, 0.2) is 0 Å². The normalized spacial score (nSPS) is 19.6. The molecule has 1 atom stereocenters. The fourth-order valence-electron chi connectivity index (χ4n) is 5.91. The molecule has 0 N–H and O–H groups in total. The first-order chi connectivity index (χ1) is 15.5. The Hall–Kier alpha value is -1.06. The first kappa shape index (κ1) is 22.7. The first-order valence-electron chi connectivity index (χ1n) is 11.4. The zero-order valence-electron chi connectivity index (χ0n) is 19.0. The van der Waals surface area contributed by atoms with Gasteiger partial charge in [-0.05, 0) is 0 Å². The second-order valence-corrected chi connectivity index (χ2v) is 23.0. The Labute approximate surface area is 208 Å². The van der Waals surface area contributed by atoms with Crippen LogP contribution in [-0.2, 0) is 19.1 Å². The Bertz CT molecular complexity index is 1230. The third kappa shape index (κ3) is 3.45. The van der Waals surface area contributed by atoms with E-state index >= 15 is 0 Å². The Morgan fingerprint density at radius 1 is 0.906 bits per heavy atom. The molecule has 2 aromatic rings. The molecular weight excluding hydrogens is 614 g/mol. The molecule has 161 valence electrons. The van der Waals surface area contributed by atoms with Crippen molar-refractivity contribution in [1.29, 1.82) is 0 Å². The maximum absolute atomic E-state index is 6.88. The van der Waals surface area contributed by atoms with Crippen LogP contribution in [0.1, 0.15) is 37.3 Å². The van der Waals surface area contributed by atoms with Gasteiger partial charge in [0.2, 0.25) is 0 Å². The summed E-state index contributed by atoms with van der Waals surface area (Å²) in [4.78, 5) is 0. The number of allylic oxidation sites excluding steroid dienone is 8. The van der Waals surface area contributed by atoms with Crippen LogP contribution in [0.3, 0.4) is 0 Å². The molecule has 3 aliphatic carbocycles. The molecule has 0 aromatic heterocycles. The number of halogens is 2. The summed E-state index contributed by atoms with van der Waals surface area (Å²) < 4.78 is 1.33. The van der Waals surface area contributed by atoms with Crippen molar-refractivity contribution in [3.8, 4) is 11.1 Å². The minimum absolute atomic E-state index is 0.248. The Morgan fingerprint density at radius 2 is 1.50 bits per heavy atom. The molecule has 0 amide bonds. The van der Waals surface area contributed by atoms with E-state index in [0.717, 1.165) is 6.42 Å². The van der Waals surface area contributed by atoms with Crippen molar-refractivity contribution in [3.63, 3.8) is 0 Å². The predicted octanol–water partition coefficient (Wildman–Crippen LogP) is 8.34. The van der Waals surface area contributed by atoms with Gasteiger partial charge in [0.05, 0.1) is 0 Å². The van der Waals surface area contributed by atoms with E-state index in [1.165, 1.54) is 47.9 Å². The van der Waals surface area contributed by atoms with E-state index < -0.39 is 27.5 Å². The third-order valence-electron chi connectivity index (χ3n) is 7.16. The number of hydrogen-bond acceptors (Lipinski definition) is 0. The van der Waals surface area contributed by atoms with Crippen LogP contribution in [0.2, 0.25) is 13.1 Å². The van der Waals surface area contributed by atoms with Gasteiger partial charge in [-0.1, -0.05) is 0 Å². The average Bonchev–Trinajstić information content (AvgIpc) is 3.22. The molecule has 1 unspecified atom stereocenters. The zero-order valence-corrected chi connectivity index (χ0v) is 25.1. The summed E-state index contributed by atoms with van der Waals surface area (Å²) in [6, 6.07) is 17.9. The van der Waals surface area contributed by atoms with Crippen molar-refractivity contribution >= 4 is 30.7 Å². The number of fused-ring (bicyclic) bond motifs is 4. The van der Waals surface area contributed by atoms with Gasteiger partial charge in [-0.3, -0.25) is 0 Å². The second-order valence-electron chi connectivity index (χ2n) is 9.02. The molecule has 0 spiro atoms. The van der Waals surface area contributed by atoms with Crippen LogP contribution in [0.15, 0.2) is 92.4 Å². The Balaban J connectivity index is 1.87. The van der Waals surface area contributed by atoms with Gasteiger partial charge in [0.1, 0.15) is 0 Å². The molecule has 0 fully saturated rings. The summed E-state index contributed by atoms with van der Waals surface area (Å²) in [5.41, 5.74) is 11.3. The predicted molar refractivity (Wildman–Crippen MR) is 139 cm³/mol. The second kappa shape index (κ2) is 8.95. The monoisotopic (exact) mass is 641 g/mol. The molecule has 0 heterocycles. The fraction of sp³-hybridized carbons (Fsp3) is 0.250. The van der Waals surface area contributed by atoms with Crippen LogP contribution in [0.5, 0.6) is 0 Å². The quantitative estimate of drug-likeness (QED) is 0.296. The molecule has 0 saturated carbocycles. The standard InChI is InChI=1S/C28H27Si.2ClH.Hf/c1-5-19-17-20-11-10-16-25(29(3)4)18(2)26(20)27(19)28-23-14-8-6-12-21(23)22-13-7-9-15-24(22)28;;;/h6-16,18,28H,5H2,1-4H3;2*1H;/q;;;+2/p-2. The molecule has 0 nitrogen and oxygen atoms in total. The minimum atomic E-state index is -2.87. The van der Waals surface area contributed by atoms with Crippen molar-refractivity contribution in [2.24, 2.45) is 5.92 Å². The van der Waals surface area contributed by atoms with E-state index in [1.54, 1.807) is 5.17 Å². The van der Waals surface area contributed by atoms with Crippen LogP contribution in [0, 0.1) is 5.92 Å². The molecule has 5 rings (SSSR count). The Morgan fingerprint density at radius 3 is 2.03 bits per heavy atom. The van der Waals surface area contributed by atoms with Gasteiger partial charge in [-0.25, -0.2) is 0 Å². The average molecular weight is 641 g/mol. The van der Waals surface area contributed by atoms with E-state index in [2.05, 4.69) is 93.7 Å². The molecule has 0 bridgehead atoms. The maximum atomic E-state index is 6.88. The van der Waals surface area contributed by atoms with Crippen LogP contribution >= 0.6 is 17.2 Å². The molecule has 3 aliphatic rings. The summed E-state index contributed by atoms with van der Waals surface area (Å²) >= 11 is -2.87. The summed E-state index contributed by atoms with van der Waals surface area (Å²) in [5, 5.41) is 1.58. The van der Waals surface area contributed by atoms with Crippen molar-refractivity contribution in [1.82, 2.24) is 0 Å². The van der Waals surface area contributed by atoms with E-state index in [1.807, 2.05) is 0 Å². The summed E-state index contributed by atoms with van der Waals surface area (Å²) in [7, 11) is 13.2. The SMILES string of the molecule is CCC1=[C]([Hf]([Cl])[Cl])C2=CC=CC(=[Si](C)C)C(C)C2=C1C1c2ccccc2-c2ccccc21. The van der Waals surface area contributed by atoms with Crippen molar-refractivity contribution in [2.45, 2.75) is 39.3 Å². The van der Waals surface area contributed by atoms with Crippen LogP contribution in [0.25, 0.3) is 11.1 Å². The van der Waals surface area contributed by atoms with Gasteiger partial charge in [0.25, 0.3) is 0 Å². The van der Waals surface area contributed by atoms with Gasteiger partial charge in [-0.2, -0.15) is 0 Å². The number of rotatable bonds is 3. The van der Waals surface area contributed by atoms with Gasteiger partial charge >= 0.3 is 210 Å². The van der Waals surface area contributed by atoms with Gasteiger partial charge in [0, 0.05) is 0 Å². The van der Waals surface area contributed by atoms with E-state index in [0.29, 0.717) is 5.92 Å². The van der Waals surface area contributed by atoms with E-state index in [-0.39, 0.29) is 5.92 Å². The van der Waals surface area contributed by atoms with Crippen LogP contribution in [-0.4, -0.2) is 13.6 Å². The first-order valence-corrected chi connectivity index (χ1v) is 24.6. The van der Waals surface area contributed by atoms with E-state index in [4.69, 9.17) is 17.2 Å². The molecule has 2 aromatic carbocycles. The van der Waals surface area contributed by atoms with Crippen molar-refractivity contribution in [3.05, 3.63) is 104 Å².